The summed E-state index contributed by atoms with van der Waals surface area (Å²) in [6.45, 7) is 8.21. The molecule has 1 fully saturated rings. The van der Waals surface area contributed by atoms with Gasteiger partial charge in [-0.1, -0.05) is 12.8 Å². The number of nitrogens with two attached hydrogens (primary N) is 1. The summed E-state index contributed by atoms with van der Waals surface area (Å²) in [4.78, 5) is 13.7. The van der Waals surface area contributed by atoms with Gasteiger partial charge in [0.1, 0.15) is 5.60 Å². The number of carbonyl (C=O) groups is 1. The molecule has 0 bridgehead atoms. The Morgan fingerprint density at radius 2 is 2.06 bits per heavy atom. The number of hydrogen-bond acceptors (Lipinski definition) is 3. The molecule has 0 aromatic rings. The lowest BCUT2D eigenvalue weighted by Gasteiger charge is -2.24. The molecule has 1 heterocycles. The topological polar surface area (TPSA) is 55.6 Å². The minimum atomic E-state index is -0.393. The third kappa shape index (κ3) is 5.71. The molecule has 1 aliphatic rings. The first-order valence-corrected chi connectivity index (χ1v) is 7.10. The van der Waals surface area contributed by atoms with Gasteiger partial charge in [0.05, 0.1) is 0 Å². The molecule has 0 aromatic heterocycles. The number of unbranched alkanes of at least 4 members (excludes halogenated alkanes) is 2. The van der Waals surface area contributed by atoms with Gasteiger partial charge in [-0.25, -0.2) is 4.79 Å². The van der Waals surface area contributed by atoms with Crippen molar-refractivity contribution in [2.45, 2.75) is 58.5 Å². The van der Waals surface area contributed by atoms with Crippen molar-refractivity contribution in [3.8, 4) is 0 Å². The number of likely N-dealkylation sites (tertiary alicyclic amines) is 1. The summed E-state index contributed by atoms with van der Waals surface area (Å²) in [7, 11) is 0. The van der Waals surface area contributed by atoms with Crippen LogP contribution in [0, 0.1) is 5.92 Å². The van der Waals surface area contributed by atoms with Crippen LogP contribution in [0.4, 0.5) is 4.79 Å². The van der Waals surface area contributed by atoms with Crippen LogP contribution in [0.15, 0.2) is 0 Å². The van der Waals surface area contributed by atoms with Gasteiger partial charge in [0.2, 0.25) is 0 Å². The van der Waals surface area contributed by atoms with E-state index in [-0.39, 0.29) is 6.09 Å². The second kappa shape index (κ2) is 6.98. The van der Waals surface area contributed by atoms with Gasteiger partial charge in [-0.3, -0.25) is 0 Å². The van der Waals surface area contributed by atoms with E-state index in [1.54, 1.807) is 0 Å². The van der Waals surface area contributed by atoms with Gasteiger partial charge in [0, 0.05) is 13.1 Å². The SMILES string of the molecule is CC(C)(C)OC(=O)N1CCC(CCCCCN)C1. The van der Waals surface area contributed by atoms with Gasteiger partial charge >= 0.3 is 6.09 Å². The van der Waals surface area contributed by atoms with Crippen molar-refractivity contribution in [3.63, 3.8) is 0 Å². The second-order valence-electron chi connectivity index (χ2n) is 6.22. The summed E-state index contributed by atoms with van der Waals surface area (Å²) in [5, 5.41) is 0. The maximum Gasteiger partial charge on any atom is 0.410 e. The Bertz CT molecular complexity index is 261. The molecule has 2 N–H and O–H groups in total. The molecule has 0 saturated carbocycles. The molecule has 4 nitrogen and oxygen atoms in total. The van der Waals surface area contributed by atoms with E-state index in [2.05, 4.69) is 0 Å². The Morgan fingerprint density at radius 1 is 1.33 bits per heavy atom. The predicted octanol–water partition coefficient (Wildman–Crippen LogP) is 2.76. The molecule has 0 radical (unpaired) electrons. The van der Waals surface area contributed by atoms with Crippen LogP contribution in [-0.2, 0) is 4.74 Å². The molecule has 4 heteroatoms. The van der Waals surface area contributed by atoms with Crippen molar-refractivity contribution in [1.29, 1.82) is 0 Å². The van der Waals surface area contributed by atoms with Crippen LogP contribution >= 0.6 is 0 Å². The lowest BCUT2D eigenvalue weighted by Crippen LogP contribution is -2.35. The molecule has 1 rings (SSSR count). The summed E-state index contributed by atoms with van der Waals surface area (Å²) >= 11 is 0. The summed E-state index contributed by atoms with van der Waals surface area (Å²) < 4.78 is 5.38. The van der Waals surface area contributed by atoms with Crippen LogP contribution in [0.1, 0.15) is 52.9 Å². The van der Waals surface area contributed by atoms with Gasteiger partial charge in [0.15, 0.2) is 0 Å². The fourth-order valence-electron chi connectivity index (χ4n) is 2.31. The minimum absolute atomic E-state index is 0.160. The number of amides is 1. The molecular formula is C14H28N2O2. The average Bonchev–Trinajstić information content (AvgIpc) is 2.71. The van der Waals surface area contributed by atoms with Crippen molar-refractivity contribution in [3.05, 3.63) is 0 Å². The van der Waals surface area contributed by atoms with E-state index in [9.17, 15) is 4.79 Å². The van der Waals surface area contributed by atoms with Crippen LogP contribution in [0.2, 0.25) is 0 Å². The van der Waals surface area contributed by atoms with Crippen LogP contribution in [-0.4, -0.2) is 36.2 Å². The fourth-order valence-corrected chi connectivity index (χ4v) is 2.31. The highest BCUT2D eigenvalue weighted by atomic mass is 16.6. The number of rotatable bonds is 5. The van der Waals surface area contributed by atoms with E-state index >= 15 is 0 Å². The molecule has 0 spiro atoms. The van der Waals surface area contributed by atoms with Crippen molar-refractivity contribution in [2.24, 2.45) is 11.7 Å². The van der Waals surface area contributed by atoms with Gasteiger partial charge in [-0.2, -0.15) is 0 Å². The normalized spacial score (nSPS) is 20.2. The monoisotopic (exact) mass is 256 g/mol. The van der Waals surface area contributed by atoms with E-state index in [1.165, 1.54) is 19.3 Å². The fraction of sp³-hybridized carbons (Fsp3) is 0.929. The van der Waals surface area contributed by atoms with Gasteiger partial charge in [0.25, 0.3) is 0 Å². The summed E-state index contributed by atoms with van der Waals surface area (Å²) in [5.74, 6) is 0.648. The largest absolute Gasteiger partial charge is 0.444 e. The Morgan fingerprint density at radius 3 is 2.67 bits per heavy atom. The first-order valence-electron chi connectivity index (χ1n) is 7.10. The Balaban J connectivity index is 2.22. The van der Waals surface area contributed by atoms with Crippen LogP contribution in [0.3, 0.4) is 0 Å². The third-order valence-electron chi connectivity index (χ3n) is 3.25. The van der Waals surface area contributed by atoms with Crippen molar-refractivity contribution < 1.29 is 9.53 Å². The molecule has 0 aliphatic carbocycles. The van der Waals surface area contributed by atoms with Gasteiger partial charge < -0.3 is 15.4 Å². The standard InChI is InChI=1S/C14H28N2O2/c1-14(2,3)18-13(17)16-10-8-12(11-16)7-5-4-6-9-15/h12H,4-11,15H2,1-3H3. The first-order chi connectivity index (χ1) is 8.42. The zero-order chi connectivity index (χ0) is 13.6. The summed E-state index contributed by atoms with van der Waals surface area (Å²) in [5.41, 5.74) is 5.08. The smallest absolute Gasteiger partial charge is 0.410 e. The molecule has 1 amide bonds. The molecule has 106 valence electrons. The lowest BCUT2D eigenvalue weighted by molar-refractivity contribution is 0.0287. The maximum atomic E-state index is 11.9. The Labute approximate surface area is 111 Å². The summed E-state index contributed by atoms with van der Waals surface area (Å²) in [6, 6.07) is 0. The number of carbonyl (C=O) groups excluding carboxylic acids is 1. The molecule has 18 heavy (non-hydrogen) atoms. The van der Waals surface area contributed by atoms with Crippen LogP contribution < -0.4 is 5.73 Å². The number of hydrogen-bond donors (Lipinski definition) is 1. The van der Waals surface area contributed by atoms with Gasteiger partial charge in [-0.05, 0) is 52.5 Å². The maximum absolute atomic E-state index is 11.9. The zero-order valence-electron chi connectivity index (χ0n) is 12.1. The van der Waals surface area contributed by atoms with E-state index in [0.717, 1.165) is 32.5 Å². The quantitative estimate of drug-likeness (QED) is 0.769. The number of ether oxygens (including phenoxy) is 1. The van der Waals surface area contributed by atoms with Crippen LogP contribution in [0.5, 0.6) is 0 Å². The molecule has 0 aromatic carbocycles. The predicted molar refractivity (Wildman–Crippen MR) is 73.4 cm³/mol. The highest BCUT2D eigenvalue weighted by molar-refractivity contribution is 5.68. The van der Waals surface area contributed by atoms with Crippen molar-refractivity contribution in [2.75, 3.05) is 19.6 Å². The molecule has 1 unspecified atom stereocenters. The lowest BCUT2D eigenvalue weighted by atomic mass is 10.0. The van der Waals surface area contributed by atoms with Crippen molar-refractivity contribution >= 4 is 6.09 Å². The minimum Gasteiger partial charge on any atom is -0.444 e. The molecule has 1 atom stereocenters. The second-order valence-corrected chi connectivity index (χ2v) is 6.22. The average molecular weight is 256 g/mol. The van der Waals surface area contributed by atoms with E-state index < -0.39 is 5.60 Å². The van der Waals surface area contributed by atoms with E-state index in [4.69, 9.17) is 10.5 Å². The summed E-state index contributed by atoms with van der Waals surface area (Å²) in [6.07, 6.45) is 5.71. The highest BCUT2D eigenvalue weighted by Gasteiger charge is 2.29. The van der Waals surface area contributed by atoms with E-state index in [0.29, 0.717) is 5.92 Å². The highest BCUT2D eigenvalue weighted by Crippen LogP contribution is 2.23. The third-order valence-corrected chi connectivity index (χ3v) is 3.25. The Hall–Kier alpha value is -0.770. The number of nitrogens with zero attached hydrogens (tertiary/aromatic N) is 1. The Kier molecular flexibility index (Phi) is 5.93. The van der Waals surface area contributed by atoms with Gasteiger partial charge in [-0.15, -0.1) is 0 Å². The molecule has 1 saturated heterocycles. The van der Waals surface area contributed by atoms with E-state index in [1.807, 2.05) is 25.7 Å². The van der Waals surface area contributed by atoms with Crippen molar-refractivity contribution in [1.82, 2.24) is 4.90 Å². The first kappa shape index (κ1) is 15.3. The zero-order valence-corrected chi connectivity index (χ0v) is 12.1. The molecule has 1 aliphatic heterocycles. The molecular weight excluding hydrogens is 228 g/mol. The van der Waals surface area contributed by atoms with Crippen LogP contribution in [0.25, 0.3) is 0 Å².